The van der Waals surface area contributed by atoms with Crippen LogP contribution in [0.3, 0.4) is 0 Å². The van der Waals surface area contributed by atoms with Crippen molar-refractivity contribution < 1.29 is 19.2 Å². The summed E-state index contributed by atoms with van der Waals surface area (Å²) in [6.45, 7) is 1.40. The molecule has 1 spiro atoms. The van der Waals surface area contributed by atoms with Gasteiger partial charge in [0.2, 0.25) is 23.6 Å². The van der Waals surface area contributed by atoms with Crippen LogP contribution in [0, 0.1) is 11.8 Å². The van der Waals surface area contributed by atoms with Crippen LogP contribution >= 0.6 is 11.6 Å². The fraction of sp³-hybridized carbons (Fsp3) is 0.200. The first-order valence-corrected chi connectivity index (χ1v) is 13.4. The molecule has 3 aromatic carbocycles. The molecule has 7 rings (SSSR count). The van der Waals surface area contributed by atoms with Gasteiger partial charge in [0.15, 0.2) is 0 Å². The van der Waals surface area contributed by atoms with Gasteiger partial charge in [0.1, 0.15) is 5.54 Å². The van der Waals surface area contributed by atoms with E-state index in [0.717, 1.165) is 16.5 Å². The van der Waals surface area contributed by atoms with Crippen LogP contribution in [0.4, 0.5) is 17.1 Å². The number of carbonyl (C=O) groups excluding carboxylic acids is 4. The maximum absolute atomic E-state index is 14.2. The Hall–Kier alpha value is -4.47. The first-order valence-electron chi connectivity index (χ1n) is 13.0. The van der Waals surface area contributed by atoms with Crippen molar-refractivity contribution in [3.63, 3.8) is 0 Å². The summed E-state index contributed by atoms with van der Waals surface area (Å²) in [5.74, 6) is -3.23. The Morgan fingerprint density at radius 2 is 1.80 bits per heavy atom. The summed E-state index contributed by atoms with van der Waals surface area (Å²) in [5, 5.41) is 10.5. The number of nitrogens with zero attached hydrogens (tertiary/aromatic N) is 1. The van der Waals surface area contributed by atoms with Crippen molar-refractivity contribution in [2.24, 2.45) is 11.8 Å². The van der Waals surface area contributed by atoms with Crippen LogP contribution in [0.2, 0.25) is 5.02 Å². The van der Waals surface area contributed by atoms with Crippen LogP contribution in [-0.2, 0) is 31.1 Å². The lowest BCUT2D eigenvalue weighted by Crippen LogP contribution is -2.53. The van der Waals surface area contributed by atoms with Crippen LogP contribution in [0.1, 0.15) is 18.1 Å². The van der Waals surface area contributed by atoms with Gasteiger partial charge in [-0.15, -0.1) is 0 Å². The first-order chi connectivity index (χ1) is 19.3. The quantitative estimate of drug-likeness (QED) is 0.285. The van der Waals surface area contributed by atoms with Crippen molar-refractivity contribution in [2.75, 3.05) is 15.5 Å². The van der Waals surface area contributed by atoms with Gasteiger partial charge in [-0.25, -0.2) is 4.90 Å². The predicted octanol–water partition coefficient (Wildman–Crippen LogP) is 3.95. The SMILES string of the molecule is CC(=O)Nc1ccc(N2C(=O)[C@@H]3C(Cc4c[nH]c5ccccc45)NC4(C(=O)Nc5ccc(Cl)cc54)[C@@H]3C2=O)cc1. The molecular formula is C30H24ClN5O4. The van der Waals surface area contributed by atoms with Gasteiger partial charge in [-0.1, -0.05) is 29.8 Å². The smallest absolute Gasteiger partial charge is 0.250 e. The summed E-state index contributed by atoms with van der Waals surface area (Å²) in [6.07, 6.45) is 2.33. The number of rotatable bonds is 4. The molecule has 0 aliphatic carbocycles. The molecule has 0 bridgehead atoms. The Bertz CT molecular complexity index is 1750. The number of carbonyl (C=O) groups is 4. The van der Waals surface area contributed by atoms with Crippen LogP contribution in [-0.4, -0.2) is 34.7 Å². The zero-order valence-corrected chi connectivity index (χ0v) is 22.1. The molecule has 4 heterocycles. The molecule has 9 nitrogen and oxygen atoms in total. The van der Waals surface area contributed by atoms with Crippen molar-refractivity contribution in [1.82, 2.24) is 10.3 Å². The lowest BCUT2D eigenvalue weighted by atomic mass is 9.76. The molecule has 200 valence electrons. The average molecular weight is 554 g/mol. The molecule has 3 aliphatic rings. The summed E-state index contributed by atoms with van der Waals surface area (Å²) < 4.78 is 0. The fourth-order valence-electron chi connectivity index (χ4n) is 6.64. The number of hydrogen-bond donors (Lipinski definition) is 4. The van der Waals surface area contributed by atoms with Gasteiger partial charge in [0, 0.05) is 52.0 Å². The van der Waals surface area contributed by atoms with Gasteiger partial charge >= 0.3 is 0 Å². The highest BCUT2D eigenvalue weighted by molar-refractivity contribution is 6.31. The van der Waals surface area contributed by atoms with Crippen LogP contribution in [0.15, 0.2) is 72.9 Å². The third kappa shape index (κ3) is 3.44. The van der Waals surface area contributed by atoms with Gasteiger partial charge in [0.25, 0.3) is 0 Å². The Balaban J connectivity index is 1.34. The number of nitrogens with one attached hydrogen (secondary N) is 4. The molecule has 4 N–H and O–H groups in total. The Morgan fingerprint density at radius 3 is 2.58 bits per heavy atom. The minimum atomic E-state index is -1.46. The van der Waals surface area contributed by atoms with Crippen LogP contribution in [0.5, 0.6) is 0 Å². The van der Waals surface area contributed by atoms with Crippen molar-refractivity contribution in [3.8, 4) is 0 Å². The molecule has 0 radical (unpaired) electrons. The number of imide groups is 1. The molecule has 3 aliphatic heterocycles. The van der Waals surface area contributed by atoms with E-state index in [4.69, 9.17) is 11.6 Å². The molecule has 4 amide bonds. The largest absolute Gasteiger partial charge is 0.361 e. The van der Waals surface area contributed by atoms with E-state index in [1.165, 1.54) is 11.8 Å². The molecule has 0 saturated carbocycles. The number of para-hydroxylation sites is 1. The monoisotopic (exact) mass is 553 g/mol. The maximum Gasteiger partial charge on any atom is 0.250 e. The van der Waals surface area contributed by atoms with E-state index in [2.05, 4.69) is 20.9 Å². The molecule has 2 unspecified atom stereocenters. The number of aromatic amines is 1. The molecular weight excluding hydrogens is 530 g/mol. The van der Waals surface area contributed by atoms with Gasteiger partial charge < -0.3 is 15.6 Å². The lowest BCUT2D eigenvalue weighted by Gasteiger charge is -2.29. The zero-order chi connectivity index (χ0) is 27.8. The normalized spacial score (nSPS) is 25.0. The van der Waals surface area contributed by atoms with Crippen molar-refractivity contribution >= 4 is 63.2 Å². The Morgan fingerprint density at radius 1 is 1.02 bits per heavy atom. The number of hydrogen-bond acceptors (Lipinski definition) is 5. The van der Waals surface area contributed by atoms with Gasteiger partial charge in [-0.3, -0.25) is 24.5 Å². The second-order valence-corrected chi connectivity index (χ2v) is 10.9. The molecule has 4 aromatic rings. The van der Waals surface area contributed by atoms with E-state index in [1.807, 2.05) is 30.5 Å². The molecule has 1 aromatic heterocycles. The maximum atomic E-state index is 14.2. The first kappa shape index (κ1) is 24.6. The van der Waals surface area contributed by atoms with Gasteiger partial charge in [-0.05, 0) is 60.5 Å². The Kier molecular flexibility index (Phi) is 5.39. The zero-order valence-electron chi connectivity index (χ0n) is 21.3. The summed E-state index contributed by atoms with van der Waals surface area (Å²) in [5.41, 5.74) is 2.53. The van der Waals surface area contributed by atoms with Crippen molar-refractivity contribution in [1.29, 1.82) is 0 Å². The summed E-state index contributed by atoms with van der Waals surface area (Å²) in [6, 6.07) is 19.0. The van der Waals surface area contributed by atoms with E-state index < -0.39 is 29.3 Å². The summed E-state index contributed by atoms with van der Waals surface area (Å²) in [4.78, 5) is 58.0. The molecule has 10 heteroatoms. The van der Waals surface area contributed by atoms with E-state index in [9.17, 15) is 19.2 Å². The van der Waals surface area contributed by atoms with E-state index in [0.29, 0.717) is 34.1 Å². The number of fused-ring (bicyclic) bond motifs is 5. The molecule has 2 saturated heterocycles. The van der Waals surface area contributed by atoms with Gasteiger partial charge in [-0.2, -0.15) is 0 Å². The molecule has 40 heavy (non-hydrogen) atoms. The number of amides is 4. The standard InChI is InChI=1S/C30H24ClN5O4/c1-15(37)33-18-7-9-19(10-8-18)36-27(38)25-24(12-16-14-32-22-5-3-2-4-20(16)22)35-30(26(25)28(36)39)21-13-17(31)6-11-23(21)34-29(30)40/h2-11,13-14,24-26,32,35H,12H2,1H3,(H,33,37)(H,34,40)/t24?,25-,26+,30?/m1/s1. The topological polar surface area (TPSA) is 123 Å². The average Bonchev–Trinajstić information content (AvgIpc) is 3.64. The molecule has 2 fully saturated rings. The number of halogens is 1. The number of H-pyrrole nitrogens is 1. The number of benzene rings is 3. The lowest BCUT2D eigenvalue weighted by molar-refractivity contribution is -0.130. The Labute approximate surface area is 233 Å². The highest BCUT2D eigenvalue weighted by Gasteiger charge is 2.70. The second kappa shape index (κ2) is 8.77. The van der Waals surface area contributed by atoms with E-state index in [1.54, 1.807) is 42.5 Å². The second-order valence-electron chi connectivity index (χ2n) is 10.5. The minimum absolute atomic E-state index is 0.228. The highest BCUT2D eigenvalue weighted by atomic mass is 35.5. The van der Waals surface area contributed by atoms with Crippen molar-refractivity contribution in [3.05, 3.63) is 89.1 Å². The fourth-order valence-corrected chi connectivity index (χ4v) is 6.81. The summed E-state index contributed by atoms with van der Waals surface area (Å²) in [7, 11) is 0. The van der Waals surface area contributed by atoms with Crippen molar-refractivity contribution in [2.45, 2.75) is 24.9 Å². The van der Waals surface area contributed by atoms with Crippen LogP contribution < -0.4 is 20.9 Å². The third-order valence-electron chi connectivity index (χ3n) is 8.24. The highest BCUT2D eigenvalue weighted by Crippen LogP contribution is 2.54. The van der Waals surface area contributed by atoms with Crippen LogP contribution in [0.25, 0.3) is 10.9 Å². The number of aromatic nitrogens is 1. The molecule has 4 atom stereocenters. The van der Waals surface area contributed by atoms with Gasteiger partial charge in [0.05, 0.1) is 17.5 Å². The summed E-state index contributed by atoms with van der Waals surface area (Å²) >= 11 is 6.37. The van der Waals surface area contributed by atoms with E-state index in [-0.39, 0.29) is 17.7 Å². The number of anilines is 3. The predicted molar refractivity (Wildman–Crippen MR) is 151 cm³/mol. The minimum Gasteiger partial charge on any atom is -0.361 e. The third-order valence-corrected chi connectivity index (χ3v) is 8.47. The van der Waals surface area contributed by atoms with E-state index >= 15 is 0 Å².